The van der Waals surface area contributed by atoms with Crippen molar-refractivity contribution in [1.82, 2.24) is 5.32 Å². The lowest BCUT2D eigenvalue weighted by Crippen LogP contribution is -2.34. The van der Waals surface area contributed by atoms with Crippen LogP contribution >= 0.6 is 0 Å². The normalized spacial score (nSPS) is 25.6. The molecule has 1 amide bonds. The van der Waals surface area contributed by atoms with Crippen LogP contribution in [-0.4, -0.2) is 30.2 Å². The van der Waals surface area contributed by atoms with Gasteiger partial charge in [-0.3, -0.25) is 4.79 Å². The summed E-state index contributed by atoms with van der Waals surface area (Å²) in [4.78, 5) is 14.5. The molecule has 2 atom stereocenters. The number of amides is 1. The van der Waals surface area contributed by atoms with Crippen LogP contribution < -0.4 is 10.2 Å². The van der Waals surface area contributed by atoms with Gasteiger partial charge in [-0.25, -0.2) is 0 Å². The van der Waals surface area contributed by atoms with Gasteiger partial charge in [0.2, 0.25) is 5.91 Å². The Morgan fingerprint density at radius 3 is 2.48 bits per heavy atom. The van der Waals surface area contributed by atoms with Crippen LogP contribution in [0.1, 0.15) is 44.6 Å². The van der Waals surface area contributed by atoms with Gasteiger partial charge < -0.3 is 15.3 Å². The summed E-state index contributed by atoms with van der Waals surface area (Å²) in [5.74, 6) is 0.611. The van der Waals surface area contributed by atoms with Crippen LogP contribution in [0.4, 0.5) is 5.69 Å². The van der Waals surface area contributed by atoms with Crippen molar-refractivity contribution >= 4 is 11.6 Å². The quantitative estimate of drug-likeness (QED) is 0.898. The Morgan fingerprint density at radius 2 is 1.87 bits per heavy atom. The zero-order chi connectivity index (χ0) is 16.2. The summed E-state index contributed by atoms with van der Waals surface area (Å²) in [6.07, 6.45) is 4.57. The Morgan fingerprint density at radius 1 is 1.17 bits per heavy atom. The summed E-state index contributed by atoms with van der Waals surface area (Å²) < 4.78 is 0. The fourth-order valence-corrected chi connectivity index (χ4v) is 3.66. The molecular formula is C19H28N2O2. The molecule has 2 aliphatic rings. The SMILES string of the molecule is CC1CCN(c2ccc(CNC(=O)C3CCCC3O)cc2)CC1. The van der Waals surface area contributed by atoms with Crippen molar-refractivity contribution in [3.05, 3.63) is 29.8 Å². The Bertz CT molecular complexity index is 521. The van der Waals surface area contributed by atoms with Crippen molar-refractivity contribution in [2.75, 3.05) is 18.0 Å². The van der Waals surface area contributed by atoms with E-state index in [4.69, 9.17) is 0 Å². The van der Waals surface area contributed by atoms with Crippen LogP contribution in [0.2, 0.25) is 0 Å². The zero-order valence-electron chi connectivity index (χ0n) is 14.0. The molecule has 1 saturated carbocycles. The molecule has 126 valence electrons. The summed E-state index contributed by atoms with van der Waals surface area (Å²) in [5, 5.41) is 12.8. The van der Waals surface area contributed by atoms with Crippen molar-refractivity contribution in [3.8, 4) is 0 Å². The van der Waals surface area contributed by atoms with Gasteiger partial charge in [-0.2, -0.15) is 0 Å². The first-order chi connectivity index (χ1) is 11.1. The molecule has 1 aromatic rings. The van der Waals surface area contributed by atoms with E-state index in [0.29, 0.717) is 6.54 Å². The zero-order valence-corrected chi connectivity index (χ0v) is 14.0. The Kier molecular flexibility index (Phi) is 5.21. The van der Waals surface area contributed by atoms with E-state index < -0.39 is 6.10 Å². The maximum absolute atomic E-state index is 12.1. The largest absolute Gasteiger partial charge is 0.392 e. The second-order valence-electron chi connectivity index (χ2n) is 7.16. The van der Waals surface area contributed by atoms with E-state index in [1.54, 1.807) is 0 Å². The first kappa shape index (κ1) is 16.3. The van der Waals surface area contributed by atoms with Crippen molar-refractivity contribution in [2.45, 2.75) is 51.7 Å². The van der Waals surface area contributed by atoms with Crippen LogP contribution in [0.15, 0.2) is 24.3 Å². The number of aliphatic hydroxyl groups is 1. The number of anilines is 1. The smallest absolute Gasteiger partial charge is 0.225 e. The van der Waals surface area contributed by atoms with E-state index in [0.717, 1.165) is 43.8 Å². The predicted octanol–water partition coefficient (Wildman–Crippen LogP) is 2.70. The molecule has 0 spiro atoms. The molecule has 0 aromatic heterocycles. The van der Waals surface area contributed by atoms with Crippen LogP contribution in [0, 0.1) is 11.8 Å². The number of carbonyl (C=O) groups excluding carboxylic acids is 1. The lowest BCUT2D eigenvalue weighted by molar-refractivity contribution is -0.127. The summed E-state index contributed by atoms with van der Waals surface area (Å²) in [6.45, 7) is 5.14. The molecule has 1 heterocycles. The minimum absolute atomic E-state index is 0.0101. The van der Waals surface area contributed by atoms with Crippen molar-refractivity contribution in [3.63, 3.8) is 0 Å². The number of nitrogens with zero attached hydrogens (tertiary/aromatic N) is 1. The number of piperidine rings is 1. The Hall–Kier alpha value is -1.55. The van der Waals surface area contributed by atoms with E-state index in [2.05, 4.69) is 41.4 Å². The van der Waals surface area contributed by atoms with Crippen LogP contribution in [0.3, 0.4) is 0 Å². The fourth-order valence-electron chi connectivity index (χ4n) is 3.66. The lowest BCUT2D eigenvalue weighted by Gasteiger charge is -2.32. The maximum Gasteiger partial charge on any atom is 0.225 e. The first-order valence-electron chi connectivity index (χ1n) is 8.93. The van der Waals surface area contributed by atoms with Crippen molar-refractivity contribution in [1.29, 1.82) is 0 Å². The molecule has 2 fully saturated rings. The van der Waals surface area contributed by atoms with Crippen LogP contribution in [0.25, 0.3) is 0 Å². The first-order valence-corrected chi connectivity index (χ1v) is 8.93. The van der Waals surface area contributed by atoms with Crippen molar-refractivity contribution in [2.24, 2.45) is 11.8 Å². The van der Waals surface area contributed by atoms with E-state index >= 15 is 0 Å². The van der Waals surface area contributed by atoms with Gasteiger partial charge in [0.05, 0.1) is 12.0 Å². The third-order valence-corrected chi connectivity index (χ3v) is 5.37. The highest BCUT2D eigenvalue weighted by Gasteiger charge is 2.31. The van der Waals surface area contributed by atoms with Gasteiger partial charge >= 0.3 is 0 Å². The van der Waals surface area contributed by atoms with Crippen LogP contribution in [0.5, 0.6) is 0 Å². The Labute approximate surface area is 138 Å². The van der Waals surface area contributed by atoms with Gasteiger partial charge in [0.25, 0.3) is 0 Å². The van der Waals surface area contributed by atoms with Gasteiger partial charge in [-0.15, -0.1) is 0 Å². The molecule has 1 aliphatic carbocycles. The molecule has 1 aliphatic heterocycles. The van der Waals surface area contributed by atoms with E-state index in [1.165, 1.54) is 18.5 Å². The summed E-state index contributed by atoms with van der Waals surface area (Å²) in [5.41, 5.74) is 2.39. The molecule has 3 rings (SSSR count). The number of carbonyl (C=O) groups is 1. The number of nitrogens with one attached hydrogen (secondary N) is 1. The Balaban J connectivity index is 1.50. The second-order valence-corrected chi connectivity index (χ2v) is 7.16. The van der Waals surface area contributed by atoms with Gasteiger partial charge in [-0.1, -0.05) is 19.1 Å². The molecule has 1 aromatic carbocycles. The minimum Gasteiger partial charge on any atom is -0.392 e. The predicted molar refractivity (Wildman–Crippen MR) is 92.2 cm³/mol. The van der Waals surface area contributed by atoms with Gasteiger partial charge in [0.1, 0.15) is 0 Å². The van der Waals surface area contributed by atoms with Gasteiger partial charge in [0, 0.05) is 25.3 Å². The van der Waals surface area contributed by atoms with Gasteiger partial charge in [-0.05, 0) is 55.7 Å². The molecule has 4 nitrogen and oxygen atoms in total. The van der Waals surface area contributed by atoms with E-state index in [-0.39, 0.29) is 11.8 Å². The molecule has 1 saturated heterocycles. The average molecular weight is 316 g/mol. The molecule has 0 radical (unpaired) electrons. The summed E-state index contributed by atoms with van der Waals surface area (Å²) in [7, 11) is 0. The maximum atomic E-state index is 12.1. The molecule has 2 unspecified atom stereocenters. The highest BCUT2D eigenvalue weighted by Crippen LogP contribution is 2.26. The summed E-state index contributed by atoms with van der Waals surface area (Å²) >= 11 is 0. The average Bonchev–Trinajstić information content (AvgIpc) is 3.00. The number of benzene rings is 1. The monoisotopic (exact) mass is 316 g/mol. The standard InChI is InChI=1S/C19H28N2O2/c1-14-9-11-21(12-10-14)16-7-5-15(6-8-16)13-20-19(23)17-3-2-4-18(17)22/h5-8,14,17-18,22H,2-4,9-13H2,1H3,(H,20,23). The number of hydrogen-bond acceptors (Lipinski definition) is 3. The van der Waals surface area contributed by atoms with Gasteiger partial charge in [0.15, 0.2) is 0 Å². The summed E-state index contributed by atoms with van der Waals surface area (Å²) in [6, 6.07) is 8.50. The third kappa shape index (κ3) is 4.05. The van der Waals surface area contributed by atoms with E-state index in [9.17, 15) is 9.90 Å². The fraction of sp³-hybridized carbons (Fsp3) is 0.632. The molecule has 0 bridgehead atoms. The molecule has 4 heteroatoms. The minimum atomic E-state index is -0.459. The van der Waals surface area contributed by atoms with Crippen molar-refractivity contribution < 1.29 is 9.90 Å². The number of hydrogen-bond donors (Lipinski definition) is 2. The molecule has 2 N–H and O–H groups in total. The second kappa shape index (κ2) is 7.35. The highest BCUT2D eigenvalue weighted by molar-refractivity contribution is 5.79. The number of aliphatic hydroxyl groups excluding tert-OH is 1. The van der Waals surface area contributed by atoms with Crippen LogP contribution in [-0.2, 0) is 11.3 Å². The number of rotatable bonds is 4. The lowest BCUT2D eigenvalue weighted by atomic mass is 9.98. The molecule has 23 heavy (non-hydrogen) atoms. The third-order valence-electron chi connectivity index (χ3n) is 5.37. The van der Waals surface area contributed by atoms with E-state index in [1.807, 2.05) is 0 Å². The highest BCUT2D eigenvalue weighted by atomic mass is 16.3. The molecular weight excluding hydrogens is 288 g/mol. The topological polar surface area (TPSA) is 52.6 Å².